The van der Waals surface area contributed by atoms with E-state index in [2.05, 4.69) is 24.0 Å². The average Bonchev–Trinajstić information content (AvgIpc) is 2.91. The van der Waals surface area contributed by atoms with E-state index in [0.29, 0.717) is 18.4 Å². The highest BCUT2D eigenvalue weighted by Crippen LogP contribution is 2.22. The molecule has 1 aromatic heterocycles. The van der Waals surface area contributed by atoms with Crippen LogP contribution >= 0.6 is 0 Å². The molecule has 0 aliphatic carbocycles. The third-order valence-corrected chi connectivity index (χ3v) is 3.29. The lowest BCUT2D eigenvalue weighted by Gasteiger charge is -2.13. The second-order valence-electron chi connectivity index (χ2n) is 4.97. The van der Waals surface area contributed by atoms with Crippen molar-refractivity contribution >= 4 is 0 Å². The van der Waals surface area contributed by atoms with Crippen LogP contribution in [-0.2, 0) is 11.2 Å². The zero-order valence-corrected chi connectivity index (χ0v) is 10.6. The number of aromatic nitrogens is 2. The quantitative estimate of drug-likeness (QED) is 0.842. The van der Waals surface area contributed by atoms with Crippen LogP contribution in [0.2, 0.25) is 0 Å². The Labute approximate surface area is 102 Å². The molecule has 2 atom stereocenters. The predicted octanol–water partition coefficient (Wildman–Crippen LogP) is 1.49. The smallest absolute Gasteiger partial charge is 0.231 e. The summed E-state index contributed by atoms with van der Waals surface area (Å²) in [5.74, 6) is 1.97. The van der Waals surface area contributed by atoms with Crippen LogP contribution in [0, 0.1) is 5.92 Å². The number of ether oxygens (including phenoxy) is 1. The maximum absolute atomic E-state index is 5.73. The van der Waals surface area contributed by atoms with Crippen LogP contribution in [0.1, 0.15) is 44.3 Å². The Morgan fingerprint density at radius 2 is 2.29 bits per heavy atom. The van der Waals surface area contributed by atoms with Crippen LogP contribution in [0.25, 0.3) is 0 Å². The Morgan fingerprint density at radius 3 is 2.88 bits per heavy atom. The lowest BCUT2D eigenvalue weighted by atomic mass is 9.96. The molecule has 2 heterocycles. The van der Waals surface area contributed by atoms with E-state index in [1.807, 2.05) is 0 Å². The van der Waals surface area contributed by atoms with Crippen LogP contribution in [0.3, 0.4) is 0 Å². The molecule has 0 spiro atoms. The van der Waals surface area contributed by atoms with E-state index in [0.717, 1.165) is 31.7 Å². The predicted molar refractivity (Wildman–Crippen MR) is 63.6 cm³/mol. The molecule has 1 saturated heterocycles. The first-order chi connectivity index (χ1) is 8.20. The van der Waals surface area contributed by atoms with Crippen LogP contribution in [-0.4, -0.2) is 29.4 Å². The van der Waals surface area contributed by atoms with Crippen LogP contribution in [0.5, 0.6) is 0 Å². The fraction of sp³-hybridized carbons (Fsp3) is 0.833. The summed E-state index contributed by atoms with van der Waals surface area (Å²) in [5.41, 5.74) is 5.73. The second-order valence-corrected chi connectivity index (χ2v) is 4.97. The zero-order chi connectivity index (χ0) is 12.3. The minimum Gasteiger partial charge on any atom is -0.378 e. The SMILES string of the molecule is CC(C)C(CN)c1nc(CC2CCCO2)no1. The van der Waals surface area contributed by atoms with Crippen molar-refractivity contribution in [2.75, 3.05) is 13.2 Å². The van der Waals surface area contributed by atoms with Gasteiger partial charge in [0.15, 0.2) is 5.82 Å². The van der Waals surface area contributed by atoms with Crippen LogP contribution in [0.15, 0.2) is 4.52 Å². The second kappa shape index (κ2) is 5.60. The van der Waals surface area contributed by atoms with Gasteiger partial charge in [0.1, 0.15) is 0 Å². The van der Waals surface area contributed by atoms with E-state index in [-0.39, 0.29) is 12.0 Å². The molecule has 96 valence electrons. The summed E-state index contributed by atoms with van der Waals surface area (Å²) in [7, 11) is 0. The van der Waals surface area contributed by atoms with Gasteiger partial charge in [0.25, 0.3) is 0 Å². The van der Waals surface area contributed by atoms with E-state index in [4.69, 9.17) is 15.0 Å². The van der Waals surface area contributed by atoms with Gasteiger partial charge in [-0.25, -0.2) is 0 Å². The maximum atomic E-state index is 5.73. The summed E-state index contributed by atoms with van der Waals surface area (Å²) in [5, 5.41) is 4.01. The van der Waals surface area contributed by atoms with E-state index in [1.165, 1.54) is 0 Å². The van der Waals surface area contributed by atoms with Crippen molar-refractivity contribution in [1.82, 2.24) is 10.1 Å². The van der Waals surface area contributed by atoms with Crippen molar-refractivity contribution in [3.05, 3.63) is 11.7 Å². The molecule has 5 heteroatoms. The Balaban J connectivity index is 1.99. The molecule has 0 aromatic carbocycles. The Bertz CT molecular complexity index is 345. The summed E-state index contributed by atoms with van der Waals surface area (Å²) in [4.78, 5) is 4.43. The Morgan fingerprint density at radius 1 is 1.47 bits per heavy atom. The first-order valence-electron chi connectivity index (χ1n) is 6.35. The Kier molecular flexibility index (Phi) is 4.12. The lowest BCUT2D eigenvalue weighted by Crippen LogP contribution is -2.18. The zero-order valence-electron chi connectivity index (χ0n) is 10.6. The third-order valence-electron chi connectivity index (χ3n) is 3.29. The van der Waals surface area contributed by atoms with Gasteiger partial charge in [0.05, 0.1) is 12.0 Å². The fourth-order valence-electron chi connectivity index (χ4n) is 2.17. The van der Waals surface area contributed by atoms with Crippen LogP contribution < -0.4 is 5.73 Å². The molecule has 0 radical (unpaired) electrons. The molecule has 2 unspecified atom stereocenters. The van der Waals surface area contributed by atoms with Gasteiger partial charge in [0, 0.05) is 19.6 Å². The summed E-state index contributed by atoms with van der Waals surface area (Å²) in [6.45, 7) is 5.62. The lowest BCUT2D eigenvalue weighted by molar-refractivity contribution is 0.109. The van der Waals surface area contributed by atoms with Crippen molar-refractivity contribution in [2.24, 2.45) is 11.7 Å². The monoisotopic (exact) mass is 239 g/mol. The van der Waals surface area contributed by atoms with E-state index < -0.39 is 0 Å². The van der Waals surface area contributed by atoms with Crippen molar-refractivity contribution in [2.45, 2.75) is 45.1 Å². The van der Waals surface area contributed by atoms with Crippen molar-refractivity contribution in [1.29, 1.82) is 0 Å². The van der Waals surface area contributed by atoms with Crippen LogP contribution in [0.4, 0.5) is 0 Å². The first-order valence-corrected chi connectivity index (χ1v) is 6.35. The molecule has 2 N–H and O–H groups in total. The molecule has 1 aliphatic heterocycles. The molecule has 0 saturated carbocycles. The molecule has 1 aromatic rings. The summed E-state index contributed by atoms with van der Waals surface area (Å²) >= 11 is 0. The normalized spacial score (nSPS) is 22.2. The van der Waals surface area contributed by atoms with Crippen molar-refractivity contribution in [3.8, 4) is 0 Å². The number of nitrogens with zero attached hydrogens (tertiary/aromatic N) is 2. The molecule has 0 bridgehead atoms. The van der Waals surface area contributed by atoms with Gasteiger partial charge in [-0.15, -0.1) is 0 Å². The molecule has 2 rings (SSSR count). The largest absolute Gasteiger partial charge is 0.378 e. The number of hydrogen-bond acceptors (Lipinski definition) is 5. The number of rotatable bonds is 5. The van der Waals surface area contributed by atoms with Gasteiger partial charge in [0.2, 0.25) is 5.89 Å². The molecule has 17 heavy (non-hydrogen) atoms. The molecule has 1 aliphatic rings. The van der Waals surface area contributed by atoms with E-state index in [1.54, 1.807) is 0 Å². The fourth-order valence-corrected chi connectivity index (χ4v) is 2.17. The van der Waals surface area contributed by atoms with Crippen molar-refractivity contribution < 1.29 is 9.26 Å². The summed E-state index contributed by atoms with van der Waals surface area (Å²) in [6, 6.07) is 0. The van der Waals surface area contributed by atoms with E-state index in [9.17, 15) is 0 Å². The minimum absolute atomic E-state index is 0.153. The minimum atomic E-state index is 0.153. The highest BCUT2D eigenvalue weighted by molar-refractivity contribution is 4.97. The average molecular weight is 239 g/mol. The maximum Gasteiger partial charge on any atom is 0.231 e. The highest BCUT2D eigenvalue weighted by Gasteiger charge is 2.23. The van der Waals surface area contributed by atoms with Gasteiger partial charge in [-0.3, -0.25) is 0 Å². The molecular weight excluding hydrogens is 218 g/mol. The number of hydrogen-bond donors (Lipinski definition) is 1. The van der Waals surface area contributed by atoms with Gasteiger partial charge in [-0.05, 0) is 18.8 Å². The standard InChI is InChI=1S/C12H21N3O2/c1-8(2)10(7-13)12-14-11(15-17-12)6-9-4-3-5-16-9/h8-10H,3-7,13H2,1-2H3. The molecule has 1 fully saturated rings. The van der Waals surface area contributed by atoms with Gasteiger partial charge >= 0.3 is 0 Å². The first kappa shape index (κ1) is 12.5. The van der Waals surface area contributed by atoms with Gasteiger partial charge in [-0.2, -0.15) is 4.98 Å². The summed E-state index contributed by atoms with van der Waals surface area (Å²) in [6.07, 6.45) is 3.23. The topological polar surface area (TPSA) is 74.2 Å². The number of nitrogens with two attached hydrogens (primary N) is 1. The molecule has 0 amide bonds. The van der Waals surface area contributed by atoms with Crippen molar-refractivity contribution in [3.63, 3.8) is 0 Å². The van der Waals surface area contributed by atoms with E-state index >= 15 is 0 Å². The summed E-state index contributed by atoms with van der Waals surface area (Å²) < 4.78 is 10.8. The third kappa shape index (κ3) is 3.04. The molecular formula is C12H21N3O2. The Hall–Kier alpha value is -0.940. The highest BCUT2D eigenvalue weighted by atomic mass is 16.5. The van der Waals surface area contributed by atoms with Gasteiger partial charge in [-0.1, -0.05) is 19.0 Å². The van der Waals surface area contributed by atoms with Gasteiger partial charge < -0.3 is 15.0 Å². The molecule has 5 nitrogen and oxygen atoms in total.